The zero-order chi connectivity index (χ0) is 68.0. The normalized spacial score (nSPS) is 23.3. The number of nitrogens with one attached hydrogen (secondary N) is 1. The summed E-state index contributed by atoms with van der Waals surface area (Å²) in [5, 5.41) is 87.5. The molecule has 0 spiro atoms. The van der Waals surface area contributed by atoms with Crippen LogP contribution in [-0.2, 0) is 23.7 Å². The fraction of sp³-hybridized carbons (Fsp3) is 0.688. The quantitative estimate of drug-likeness (QED) is 0.0204. The molecule has 14 heteroatoms. The number of carbonyl (C=O) groups excluding carboxylic acids is 1. The molecule has 12 unspecified atom stereocenters. The van der Waals surface area contributed by atoms with E-state index in [1.165, 1.54) is 109 Å². The Morgan fingerprint density at radius 2 is 0.745 bits per heavy atom. The Morgan fingerprint density at radius 1 is 0.394 bits per heavy atom. The van der Waals surface area contributed by atoms with E-state index in [-0.39, 0.29) is 18.9 Å². The maximum absolute atomic E-state index is 13.3. The van der Waals surface area contributed by atoms with E-state index in [9.17, 15) is 45.6 Å². The van der Waals surface area contributed by atoms with Gasteiger partial charge in [0.05, 0.1) is 32.0 Å². The smallest absolute Gasteiger partial charge is 0.220 e. The van der Waals surface area contributed by atoms with Crippen LogP contribution in [0.4, 0.5) is 0 Å². The van der Waals surface area contributed by atoms with Gasteiger partial charge in [0.25, 0.3) is 0 Å². The summed E-state index contributed by atoms with van der Waals surface area (Å²) >= 11 is 0. The summed E-state index contributed by atoms with van der Waals surface area (Å²) in [6.07, 6.45) is 77.6. The predicted molar refractivity (Wildman–Crippen MR) is 387 cm³/mol. The molecule has 9 N–H and O–H groups in total. The van der Waals surface area contributed by atoms with Gasteiger partial charge in [0.2, 0.25) is 5.91 Å². The van der Waals surface area contributed by atoms with Crippen LogP contribution >= 0.6 is 0 Å². The number of unbranched alkanes of at least 4 members (excludes halogenated alkanes) is 24. The molecule has 0 bridgehead atoms. The van der Waals surface area contributed by atoms with E-state index in [1.54, 1.807) is 6.08 Å². The molecule has 0 saturated carbocycles. The summed E-state index contributed by atoms with van der Waals surface area (Å²) in [5.41, 5.74) is 0. The van der Waals surface area contributed by atoms with E-state index >= 15 is 0 Å². The van der Waals surface area contributed by atoms with Crippen molar-refractivity contribution in [2.75, 3.05) is 19.8 Å². The largest absolute Gasteiger partial charge is 0.394 e. The molecule has 2 rings (SSSR count). The Balaban J connectivity index is 1.69. The first-order chi connectivity index (χ1) is 46.1. The van der Waals surface area contributed by atoms with Gasteiger partial charge in [-0.1, -0.05) is 288 Å². The number of allylic oxidation sites excluding steroid dienone is 23. The van der Waals surface area contributed by atoms with Crippen molar-refractivity contribution >= 4 is 5.91 Å². The number of carbonyl (C=O) groups is 1. The maximum atomic E-state index is 13.3. The van der Waals surface area contributed by atoms with Gasteiger partial charge in [-0.2, -0.15) is 0 Å². The lowest BCUT2D eigenvalue weighted by Crippen LogP contribution is -2.65. The molecule has 0 aromatic rings. The first-order valence-electron chi connectivity index (χ1n) is 37.1. The summed E-state index contributed by atoms with van der Waals surface area (Å²) in [7, 11) is 0. The fourth-order valence-electron chi connectivity index (χ4n) is 11.2. The average molecular weight is 1320 g/mol. The van der Waals surface area contributed by atoms with E-state index in [0.29, 0.717) is 12.8 Å². The zero-order valence-electron chi connectivity index (χ0n) is 58.4. The topological polar surface area (TPSA) is 228 Å². The monoisotopic (exact) mass is 1320 g/mol. The minimum absolute atomic E-state index is 0.247. The van der Waals surface area contributed by atoms with E-state index in [4.69, 9.17) is 18.9 Å². The fourth-order valence-corrected chi connectivity index (χ4v) is 11.2. The molecular formula is C80H133NO13. The molecule has 12 atom stereocenters. The molecule has 0 aromatic carbocycles. The van der Waals surface area contributed by atoms with Gasteiger partial charge in [-0.15, -0.1) is 0 Å². The molecular weight excluding hydrogens is 1180 g/mol. The number of rotatable bonds is 59. The Hall–Kier alpha value is -4.13. The lowest BCUT2D eigenvalue weighted by Gasteiger charge is -2.46. The number of hydrogen-bond acceptors (Lipinski definition) is 13. The van der Waals surface area contributed by atoms with Gasteiger partial charge >= 0.3 is 0 Å². The van der Waals surface area contributed by atoms with Gasteiger partial charge in [0.15, 0.2) is 12.6 Å². The lowest BCUT2D eigenvalue weighted by molar-refractivity contribution is -0.359. The Morgan fingerprint density at radius 3 is 1.17 bits per heavy atom. The molecule has 2 heterocycles. The minimum Gasteiger partial charge on any atom is -0.394 e. The second-order valence-corrected chi connectivity index (χ2v) is 25.3. The van der Waals surface area contributed by atoms with E-state index in [2.05, 4.69) is 153 Å². The molecule has 94 heavy (non-hydrogen) atoms. The van der Waals surface area contributed by atoms with Crippen LogP contribution in [0.5, 0.6) is 0 Å². The maximum Gasteiger partial charge on any atom is 0.220 e. The summed E-state index contributed by atoms with van der Waals surface area (Å²) in [4.78, 5) is 13.3. The van der Waals surface area contributed by atoms with Crippen LogP contribution < -0.4 is 5.32 Å². The standard InChI is InChI=1S/C80H133NO13/c1-3-5-7-9-11-13-15-17-19-21-23-25-27-28-29-30-31-32-33-34-35-36-37-38-39-40-42-44-46-48-50-52-54-56-58-60-62-64-72(85)81-68(67-91-79-77(90)75(88)78(71(66-83)93-79)94-80-76(89)74(87)73(86)70(65-82)92-80)69(84)63-61-59-57-55-53-51-49-47-45-43-41-26-24-22-20-18-16-14-12-10-8-6-4-2/h5,7,11,13,17,19,23,25,28-29,31-32,34-35,37-38,40,42,46,48,53,55,61,63,68-71,73-80,82-84,86-90H,3-4,6,8-10,12,14-16,18,20-22,24,26-27,30,33,36,39,41,43-45,47,49-52,54,56-60,62,64-67H2,1-2H3,(H,81,85)/b7-5-,13-11-,19-17-,25-23-,29-28-,32-31-,35-34-,38-37-,42-40-,48-46-,55-53+,63-61+. The minimum atomic E-state index is -1.80. The summed E-state index contributed by atoms with van der Waals surface area (Å²) in [6.45, 7) is 2.67. The highest BCUT2D eigenvalue weighted by Gasteiger charge is 2.51. The summed E-state index contributed by atoms with van der Waals surface area (Å²) in [6, 6.07) is -0.952. The molecule has 14 nitrogen and oxygen atoms in total. The molecule has 0 radical (unpaired) electrons. The highest BCUT2D eigenvalue weighted by Crippen LogP contribution is 2.30. The van der Waals surface area contributed by atoms with Crippen molar-refractivity contribution in [2.45, 2.75) is 331 Å². The van der Waals surface area contributed by atoms with Crippen molar-refractivity contribution < 1.29 is 64.6 Å². The Bertz CT molecular complexity index is 2140. The summed E-state index contributed by atoms with van der Waals surface area (Å²) in [5.74, 6) is -0.268. The zero-order valence-corrected chi connectivity index (χ0v) is 58.4. The number of hydrogen-bond donors (Lipinski definition) is 9. The second kappa shape index (κ2) is 62.4. The number of aliphatic hydroxyl groups is 8. The van der Waals surface area contributed by atoms with Gasteiger partial charge < -0.3 is 65.1 Å². The van der Waals surface area contributed by atoms with Crippen molar-refractivity contribution in [3.63, 3.8) is 0 Å². The number of amides is 1. The van der Waals surface area contributed by atoms with Crippen LogP contribution in [0.25, 0.3) is 0 Å². The van der Waals surface area contributed by atoms with Gasteiger partial charge in [-0.25, -0.2) is 0 Å². The number of ether oxygens (including phenoxy) is 4. The van der Waals surface area contributed by atoms with Crippen molar-refractivity contribution in [3.8, 4) is 0 Å². The molecule has 2 saturated heterocycles. The molecule has 2 fully saturated rings. The third kappa shape index (κ3) is 45.4. The highest BCUT2D eigenvalue weighted by molar-refractivity contribution is 5.76. The van der Waals surface area contributed by atoms with Crippen LogP contribution in [0.15, 0.2) is 146 Å². The van der Waals surface area contributed by atoms with Crippen LogP contribution in [0.3, 0.4) is 0 Å². The van der Waals surface area contributed by atoms with Crippen molar-refractivity contribution in [3.05, 3.63) is 146 Å². The van der Waals surface area contributed by atoms with E-state index in [1.807, 2.05) is 6.08 Å². The molecule has 0 aromatic heterocycles. The SMILES string of the molecule is CC/C=C\C/C=C\C/C=C\C/C=C\C/C=C\C/C=C\C/C=C\C/C=C\C/C=C\C/C=C\CCCCCCCCC(=O)NC(COC1OC(CO)C(OC2OC(CO)C(O)C(O)C2O)C(O)C1O)C(O)/C=C/CC/C=C/CCCCCCCCCCCCCCCCCCC. The summed E-state index contributed by atoms with van der Waals surface area (Å²) < 4.78 is 22.8. The molecule has 2 aliphatic rings. The van der Waals surface area contributed by atoms with Gasteiger partial charge in [0, 0.05) is 6.42 Å². The predicted octanol–water partition coefficient (Wildman–Crippen LogP) is 16.0. The lowest BCUT2D eigenvalue weighted by atomic mass is 9.97. The van der Waals surface area contributed by atoms with Crippen LogP contribution in [-0.4, -0.2) is 140 Å². The first kappa shape index (κ1) is 86.0. The van der Waals surface area contributed by atoms with E-state index in [0.717, 1.165) is 116 Å². The van der Waals surface area contributed by atoms with Crippen LogP contribution in [0, 0.1) is 0 Å². The third-order valence-electron chi connectivity index (χ3n) is 17.0. The molecule has 2 aliphatic heterocycles. The highest BCUT2D eigenvalue weighted by atomic mass is 16.7. The molecule has 0 aliphatic carbocycles. The van der Waals surface area contributed by atoms with Crippen molar-refractivity contribution in [1.29, 1.82) is 0 Å². The van der Waals surface area contributed by atoms with Crippen LogP contribution in [0.1, 0.15) is 258 Å². The average Bonchev–Trinajstić information content (AvgIpc) is 0.794. The molecule has 1 amide bonds. The second-order valence-electron chi connectivity index (χ2n) is 25.3. The van der Waals surface area contributed by atoms with Gasteiger partial charge in [0.1, 0.15) is 48.8 Å². The first-order valence-corrected chi connectivity index (χ1v) is 37.1. The molecule has 536 valence electrons. The van der Waals surface area contributed by atoms with Crippen LogP contribution in [0.2, 0.25) is 0 Å². The van der Waals surface area contributed by atoms with Crippen molar-refractivity contribution in [1.82, 2.24) is 5.32 Å². The Kier molecular flexibility index (Phi) is 57.1. The van der Waals surface area contributed by atoms with E-state index < -0.39 is 86.8 Å². The van der Waals surface area contributed by atoms with Gasteiger partial charge in [-0.05, 0) is 109 Å². The van der Waals surface area contributed by atoms with Crippen molar-refractivity contribution in [2.24, 2.45) is 0 Å². The van der Waals surface area contributed by atoms with Gasteiger partial charge in [-0.3, -0.25) is 4.79 Å². The Labute approximate surface area is 570 Å². The third-order valence-corrected chi connectivity index (χ3v) is 17.0. The number of aliphatic hydroxyl groups excluding tert-OH is 8.